The number of para-hydroxylation sites is 1. The van der Waals surface area contributed by atoms with Crippen molar-refractivity contribution < 1.29 is 9.53 Å². The second-order valence-corrected chi connectivity index (χ2v) is 11.8. The van der Waals surface area contributed by atoms with Gasteiger partial charge in [0.25, 0.3) is 0 Å². The van der Waals surface area contributed by atoms with Gasteiger partial charge in [-0.3, -0.25) is 9.78 Å². The van der Waals surface area contributed by atoms with Gasteiger partial charge in [0.15, 0.2) is 0 Å². The van der Waals surface area contributed by atoms with Crippen LogP contribution in [0.5, 0.6) is 5.75 Å². The summed E-state index contributed by atoms with van der Waals surface area (Å²) in [5.74, 6) is 0.579. The Hall–Kier alpha value is -3.68. The molecule has 7 nitrogen and oxygen atoms in total. The summed E-state index contributed by atoms with van der Waals surface area (Å²) in [4.78, 5) is 20.9. The predicted octanol–water partition coefficient (Wildman–Crippen LogP) is 5.38. The van der Waals surface area contributed by atoms with Crippen LogP contribution >= 0.6 is 0 Å². The van der Waals surface area contributed by atoms with Crippen LogP contribution in [-0.4, -0.2) is 41.1 Å². The van der Waals surface area contributed by atoms with E-state index in [0.717, 1.165) is 47.3 Å². The number of pyridine rings is 1. The van der Waals surface area contributed by atoms with E-state index in [2.05, 4.69) is 52.6 Å². The van der Waals surface area contributed by atoms with Gasteiger partial charge < -0.3 is 26.1 Å². The van der Waals surface area contributed by atoms with Crippen LogP contribution in [0.3, 0.4) is 0 Å². The number of hydrogen-bond acceptors (Lipinski definition) is 5. The van der Waals surface area contributed by atoms with E-state index >= 15 is 0 Å². The molecule has 2 aliphatic rings. The highest BCUT2D eigenvalue weighted by atomic mass is 16.5. The molecule has 6 rings (SSSR count). The number of nitrogens with two attached hydrogens (primary N) is 1. The number of hydrogen-bond donors (Lipinski definition) is 4. The Morgan fingerprint density at radius 2 is 2.00 bits per heavy atom. The Balaban J connectivity index is 1.16. The molecule has 3 atom stereocenters. The Morgan fingerprint density at radius 1 is 1.13 bits per heavy atom. The number of H-pyrrole nitrogens is 1. The van der Waals surface area contributed by atoms with Crippen molar-refractivity contribution in [2.45, 2.75) is 57.5 Å². The van der Waals surface area contributed by atoms with Crippen molar-refractivity contribution in [2.75, 3.05) is 18.5 Å². The van der Waals surface area contributed by atoms with E-state index in [1.165, 1.54) is 23.8 Å². The molecule has 0 radical (unpaired) electrons. The largest absolute Gasteiger partial charge is 0.490 e. The molecule has 2 unspecified atom stereocenters. The minimum Gasteiger partial charge on any atom is -0.490 e. The maximum Gasteiger partial charge on any atom is 0.232 e. The molecule has 4 aromatic rings. The first-order valence-corrected chi connectivity index (χ1v) is 13.9. The number of nitrogens with zero attached hydrogens (tertiary/aromatic N) is 1. The Bertz CT molecular complexity index is 1490. The molecule has 7 heteroatoms. The molecule has 202 valence electrons. The quantitative estimate of drug-likeness (QED) is 0.236. The third kappa shape index (κ3) is 5.29. The predicted molar refractivity (Wildman–Crippen MR) is 156 cm³/mol. The van der Waals surface area contributed by atoms with Gasteiger partial charge >= 0.3 is 0 Å². The molecule has 0 bridgehead atoms. The van der Waals surface area contributed by atoms with Gasteiger partial charge in [-0.05, 0) is 78.6 Å². The van der Waals surface area contributed by atoms with E-state index in [4.69, 9.17) is 10.5 Å². The molecule has 5 N–H and O–H groups in total. The second-order valence-electron chi connectivity index (χ2n) is 11.8. The maximum absolute atomic E-state index is 13.1. The maximum atomic E-state index is 13.1. The normalized spacial score (nSPS) is 19.7. The number of rotatable bonds is 9. The van der Waals surface area contributed by atoms with Gasteiger partial charge in [-0.2, -0.15) is 0 Å². The molecule has 2 aromatic heterocycles. The van der Waals surface area contributed by atoms with Crippen molar-refractivity contribution in [3.05, 3.63) is 78.2 Å². The molecule has 4 heterocycles. The molecular weight excluding hydrogens is 486 g/mol. The summed E-state index contributed by atoms with van der Waals surface area (Å²) < 4.78 is 6.08. The Kier molecular flexibility index (Phi) is 6.87. The van der Waals surface area contributed by atoms with E-state index in [0.29, 0.717) is 18.4 Å². The zero-order valence-corrected chi connectivity index (χ0v) is 22.7. The van der Waals surface area contributed by atoms with Crippen molar-refractivity contribution in [1.29, 1.82) is 0 Å². The lowest BCUT2D eigenvalue weighted by molar-refractivity contribution is -0.119. The first-order valence-electron chi connectivity index (χ1n) is 13.9. The standard InChI is InChI=1S/C32H37N5O2/c1-32(2,15-24-6-5-11-35-24)30-27-14-20(9-10-29(27)37-31(30)38)21-13-25(18-34-16-21)39-19-23(33)12-22-17-36-28-8-4-3-7-26(22)28/h3-4,7-10,13-14,16-18,23-24,30,35-36H,5-6,11-12,15,19,33H2,1-2H3,(H,37,38)/t23-,24?,30?/m0/s1. The van der Waals surface area contributed by atoms with Gasteiger partial charge in [-0.1, -0.05) is 38.1 Å². The van der Waals surface area contributed by atoms with E-state index in [1.807, 2.05) is 42.7 Å². The van der Waals surface area contributed by atoms with Gasteiger partial charge in [0.05, 0.1) is 12.1 Å². The monoisotopic (exact) mass is 523 g/mol. The molecule has 1 amide bonds. The van der Waals surface area contributed by atoms with Crippen molar-refractivity contribution in [1.82, 2.24) is 15.3 Å². The number of aromatic amines is 1. The summed E-state index contributed by atoms with van der Waals surface area (Å²) in [7, 11) is 0. The highest BCUT2D eigenvalue weighted by Gasteiger charge is 2.43. The molecule has 1 fully saturated rings. The van der Waals surface area contributed by atoms with Crippen molar-refractivity contribution in [2.24, 2.45) is 11.1 Å². The summed E-state index contributed by atoms with van der Waals surface area (Å²) in [5.41, 5.74) is 12.5. The fourth-order valence-electron chi connectivity index (χ4n) is 6.40. The third-order valence-electron chi connectivity index (χ3n) is 8.27. The second kappa shape index (κ2) is 10.5. The van der Waals surface area contributed by atoms with Gasteiger partial charge in [0.2, 0.25) is 5.91 Å². The average Bonchev–Trinajstić information content (AvgIpc) is 3.66. The lowest BCUT2D eigenvalue weighted by Gasteiger charge is -2.33. The smallest absolute Gasteiger partial charge is 0.232 e. The van der Waals surface area contributed by atoms with Crippen molar-refractivity contribution in [3.8, 4) is 16.9 Å². The van der Waals surface area contributed by atoms with Crippen LogP contribution in [0.2, 0.25) is 0 Å². The number of nitrogens with one attached hydrogen (secondary N) is 3. The van der Waals surface area contributed by atoms with Crippen LogP contribution in [0.25, 0.3) is 22.0 Å². The van der Waals surface area contributed by atoms with E-state index < -0.39 is 0 Å². The zero-order valence-electron chi connectivity index (χ0n) is 22.7. The van der Waals surface area contributed by atoms with Crippen LogP contribution in [0, 0.1) is 5.41 Å². The van der Waals surface area contributed by atoms with Crippen LogP contribution in [0.1, 0.15) is 50.2 Å². The van der Waals surface area contributed by atoms with Gasteiger partial charge in [0, 0.05) is 46.6 Å². The highest BCUT2D eigenvalue weighted by molar-refractivity contribution is 6.04. The van der Waals surface area contributed by atoms with E-state index in [-0.39, 0.29) is 23.3 Å². The summed E-state index contributed by atoms with van der Waals surface area (Å²) in [6.07, 6.45) is 9.66. The Morgan fingerprint density at radius 3 is 2.85 bits per heavy atom. The van der Waals surface area contributed by atoms with Gasteiger partial charge in [-0.25, -0.2) is 0 Å². The number of carbonyl (C=O) groups excluding carboxylic acids is 1. The lowest BCUT2D eigenvalue weighted by atomic mass is 9.71. The molecular formula is C32H37N5O2. The van der Waals surface area contributed by atoms with Crippen LogP contribution in [0.15, 0.2) is 67.1 Å². The molecule has 0 spiro atoms. The fraction of sp³-hybridized carbons (Fsp3) is 0.375. The zero-order chi connectivity index (χ0) is 27.0. The van der Waals surface area contributed by atoms with E-state index in [9.17, 15) is 4.79 Å². The summed E-state index contributed by atoms with van der Waals surface area (Å²) in [5, 5.41) is 7.90. The van der Waals surface area contributed by atoms with Gasteiger partial charge in [0.1, 0.15) is 12.4 Å². The van der Waals surface area contributed by atoms with Crippen molar-refractivity contribution >= 4 is 22.5 Å². The highest BCUT2D eigenvalue weighted by Crippen LogP contribution is 2.48. The number of amides is 1. The topological polar surface area (TPSA) is 105 Å². The molecule has 0 aliphatic carbocycles. The SMILES string of the molecule is CC(C)(CC1CCCN1)C1C(=O)Nc2ccc(-c3cncc(OC[C@@H](N)Cc4c[nH]c5ccccc45)c3)cc21. The van der Waals surface area contributed by atoms with Crippen molar-refractivity contribution in [3.63, 3.8) is 0 Å². The lowest BCUT2D eigenvalue weighted by Crippen LogP contribution is -2.35. The van der Waals surface area contributed by atoms with E-state index in [1.54, 1.807) is 6.20 Å². The summed E-state index contributed by atoms with van der Waals surface area (Å²) >= 11 is 0. The molecule has 1 saturated heterocycles. The first kappa shape index (κ1) is 25.6. The summed E-state index contributed by atoms with van der Waals surface area (Å²) in [6, 6.07) is 16.8. The number of aromatic nitrogens is 2. The number of carbonyl (C=O) groups is 1. The molecule has 0 saturated carbocycles. The minimum atomic E-state index is -0.190. The fourth-order valence-corrected chi connectivity index (χ4v) is 6.40. The number of benzene rings is 2. The number of anilines is 1. The number of fused-ring (bicyclic) bond motifs is 2. The summed E-state index contributed by atoms with van der Waals surface area (Å²) in [6.45, 7) is 5.89. The minimum absolute atomic E-state index is 0.0875. The molecule has 2 aromatic carbocycles. The average molecular weight is 524 g/mol. The number of ether oxygens (including phenoxy) is 1. The first-order chi connectivity index (χ1) is 18.9. The molecule has 39 heavy (non-hydrogen) atoms. The molecule has 2 aliphatic heterocycles. The van der Waals surface area contributed by atoms with Crippen LogP contribution < -0.4 is 21.1 Å². The third-order valence-corrected chi connectivity index (χ3v) is 8.27. The van der Waals surface area contributed by atoms with Gasteiger partial charge in [-0.15, -0.1) is 0 Å². The van der Waals surface area contributed by atoms with Crippen LogP contribution in [-0.2, 0) is 11.2 Å². The Labute approximate surface area is 229 Å². The van der Waals surface area contributed by atoms with Crippen LogP contribution in [0.4, 0.5) is 5.69 Å².